The highest BCUT2D eigenvalue weighted by molar-refractivity contribution is 7.92. The number of sulfone groups is 1. The quantitative estimate of drug-likeness (QED) is 0.443. The summed E-state index contributed by atoms with van der Waals surface area (Å²) >= 11 is 0. The van der Waals surface area contributed by atoms with E-state index in [4.69, 9.17) is 12.6 Å². The first-order valence-electron chi connectivity index (χ1n) is 7.85. The molecular formula is C19H16O8S3. The zero-order chi connectivity index (χ0) is 21.4. The maximum Gasteiger partial charge on any atom is 0.425 e. The summed E-state index contributed by atoms with van der Waals surface area (Å²) in [5.74, 6) is 0. The predicted octanol–water partition coefficient (Wildman–Crippen LogP) is 3.05. The average Bonchev–Trinajstić information content (AvgIpc) is 2.88. The van der Waals surface area contributed by atoms with Gasteiger partial charge in [-0.25, -0.2) is 8.42 Å². The van der Waals surface area contributed by atoms with Gasteiger partial charge in [0.1, 0.15) is 0 Å². The van der Waals surface area contributed by atoms with Crippen molar-refractivity contribution in [2.24, 2.45) is 0 Å². The molecule has 1 N–H and O–H groups in total. The van der Waals surface area contributed by atoms with Gasteiger partial charge in [-0.15, -0.1) is 12.6 Å². The van der Waals surface area contributed by atoms with Crippen LogP contribution in [0.4, 0.5) is 0 Å². The molecule has 0 amide bonds. The summed E-state index contributed by atoms with van der Waals surface area (Å²) in [6.07, 6.45) is 0. The van der Waals surface area contributed by atoms with Crippen molar-refractivity contribution >= 4 is 30.6 Å². The van der Waals surface area contributed by atoms with Crippen LogP contribution in [0.2, 0.25) is 0 Å². The van der Waals surface area contributed by atoms with E-state index in [1.165, 1.54) is 12.1 Å². The molecule has 8 nitrogen and oxygen atoms in total. The lowest BCUT2D eigenvalue weighted by Gasteiger charge is -2.05. The molecule has 0 bridgehead atoms. The molecule has 158 valence electrons. The molecule has 11 heteroatoms. The Kier molecular flexibility index (Phi) is 6.62. The van der Waals surface area contributed by atoms with Gasteiger partial charge >= 0.3 is 10.6 Å². The summed E-state index contributed by atoms with van der Waals surface area (Å²) in [5, 5.41) is 0. The molecule has 1 aliphatic heterocycles. The third-order valence-corrected chi connectivity index (χ3v) is 6.89. The summed E-state index contributed by atoms with van der Waals surface area (Å²) in [6.45, 7) is 0. The summed E-state index contributed by atoms with van der Waals surface area (Å²) in [6, 6.07) is 18.1. The maximum absolute atomic E-state index is 12.9. The Labute approximate surface area is 175 Å². The number of hydrogen-bond acceptors (Lipinski definition) is 7. The van der Waals surface area contributed by atoms with Gasteiger partial charge in [-0.1, -0.05) is 56.0 Å². The first kappa shape index (κ1) is 23.4. The zero-order valence-corrected chi connectivity index (χ0v) is 16.8. The van der Waals surface area contributed by atoms with E-state index in [1.54, 1.807) is 12.1 Å². The molecule has 1 aliphatic rings. The van der Waals surface area contributed by atoms with Gasteiger partial charge in [-0.2, -0.15) is 8.42 Å². The van der Waals surface area contributed by atoms with Crippen molar-refractivity contribution in [3.63, 3.8) is 0 Å². The van der Waals surface area contributed by atoms with Crippen molar-refractivity contribution in [1.82, 2.24) is 0 Å². The minimum atomic E-state index is -4.48. The van der Waals surface area contributed by atoms with Crippen molar-refractivity contribution in [1.29, 1.82) is 0 Å². The summed E-state index contributed by atoms with van der Waals surface area (Å²) in [7, 11) is -11.4. The standard InChI is InChI=1S/C18H12O5S2.CH4.O3S/c19-24(20)17-10-13(12-4-2-1-3-5-12)6-8-15(17)16-9-7-14(11-18(16)24)25(21,22)23;;1-4(2)3/h1-11H,(H,21,22,23);1H4;. The van der Waals surface area contributed by atoms with Crippen molar-refractivity contribution in [3.05, 3.63) is 66.7 Å². The Morgan fingerprint density at radius 1 is 0.733 bits per heavy atom. The van der Waals surface area contributed by atoms with E-state index in [1.807, 2.05) is 36.4 Å². The third kappa shape index (κ3) is 4.49. The van der Waals surface area contributed by atoms with E-state index in [2.05, 4.69) is 0 Å². The van der Waals surface area contributed by atoms with Gasteiger partial charge in [0.2, 0.25) is 9.84 Å². The van der Waals surface area contributed by atoms with Gasteiger partial charge in [0, 0.05) is 11.1 Å². The number of benzene rings is 3. The topological polar surface area (TPSA) is 140 Å². The van der Waals surface area contributed by atoms with Crippen LogP contribution in [-0.2, 0) is 30.6 Å². The second kappa shape index (κ2) is 8.48. The first-order valence-corrected chi connectivity index (χ1v) is 11.8. The fourth-order valence-corrected chi connectivity index (χ4v) is 5.32. The molecule has 0 aromatic heterocycles. The van der Waals surface area contributed by atoms with Crippen LogP contribution in [0.15, 0.2) is 81.4 Å². The molecule has 0 unspecified atom stereocenters. The van der Waals surface area contributed by atoms with Crippen LogP contribution in [0.5, 0.6) is 0 Å². The van der Waals surface area contributed by atoms with Gasteiger partial charge in [0.05, 0.1) is 14.7 Å². The number of fused-ring (bicyclic) bond motifs is 3. The van der Waals surface area contributed by atoms with Crippen molar-refractivity contribution in [3.8, 4) is 22.3 Å². The Hall–Kier alpha value is -2.86. The molecule has 30 heavy (non-hydrogen) atoms. The SMILES string of the molecule is C.O=S(=O)(O)c1ccc2c(c1)S(=O)(=O)c1cc(-c3ccccc3)ccc1-2.O=S(=O)=O. The highest BCUT2D eigenvalue weighted by Gasteiger charge is 2.34. The highest BCUT2D eigenvalue weighted by Crippen LogP contribution is 2.45. The molecule has 1 heterocycles. The van der Waals surface area contributed by atoms with Gasteiger partial charge in [0.25, 0.3) is 10.1 Å². The van der Waals surface area contributed by atoms with Crippen LogP contribution in [0.1, 0.15) is 7.43 Å². The van der Waals surface area contributed by atoms with Crippen molar-refractivity contribution < 1.29 is 34.0 Å². The summed E-state index contributed by atoms with van der Waals surface area (Å²) < 4.78 is 82.9. The minimum absolute atomic E-state index is 0. The largest absolute Gasteiger partial charge is 0.425 e. The molecule has 0 saturated heterocycles. The maximum atomic E-state index is 12.9. The normalized spacial score (nSPS) is 13.1. The lowest BCUT2D eigenvalue weighted by molar-refractivity contribution is 0.483. The van der Waals surface area contributed by atoms with E-state index in [0.717, 1.165) is 17.2 Å². The number of hydrogen-bond donors (Lipinski definition) is 1. The van der Waals surface area contributed by atoms with E-state index in [9.17, 15) is 21.4 Å². The fraction of sp³-hybridized carbons (Fsp3) is 0.0526. The average molecular weight is 469 g/mol. The molecule has 0 atom stereocenters. The van der Waals surface area contributed by atoms with Crippen LogP contribution in [0.25, 0.3) is 22.3 Å². The van der Waals surface area contributed by atoms with E-state index >= 15 is 0 Å². The summed E-state index contributed by atoms with van der Waals surface area (Å²) in [5.41, 5.74) is 2.60. The van der Waals surface area contributed by atoms with Crippen LogP contribution >= 0.6 is 0 Å². The third-order valence-electron chi connectivity index (χ3n) is 4.21. The van der Waals surface area contributed by atoms with Crippen LogP contribution in [0.3, 0.4) is 0 Å². The lowest BCUT2D eigenvalue weighted by Crippen LogP contribution is -2.01. The Morgan fingerprint density at radius 2 is 1.23 bits per heavy atom. The Balaban J connectivity index is 0.000000591. The van der Waals surface area contributed by atoms with E-state index in [-0.39, 0.29) is 17.2 Å². The smallest absolute Gasteiger partial charge is 0.282 e. The predicted molar refractivity (Wildman–Crippen MR) is 109 cm³/mol. The van der Waals surface area contributed by atoms with Crippen molar-refractivity contribution in [2.75, 3.05) is 0 Å². The minimum Gasteiger partial charge on any atom is -0.282 e. The Bertz CT molecular complexity index is 1420. The first-order chi connectivity index (χ1) is 13.5. The van der Waals surface area contributed by atoms with E-state index in [0.29, 0.717) is 11.1 Å². The monoisotopic (exact) mass is 468 g/mol. The molecule has 0 fully saturated rings. The van der Waals surface area contributed by atoms with Gasteiger partial charge in [0.15, 0.2) is 0 Å². The molecule has 0 saturated carbocycles. The Morgan fingerprint density at radius 3 is 1.77 bits per heavy atom. The second-order valence-electron chi connectivity index (χ2n) is 5.92. The molecule has 0 aliphatic carbocycles. The van der Waals surface area contributed by atoms with Gasteiger partial charge in [-0.3, -0.25) is 4.55 Å². The number of rotatable bonds is 2. The molecule has 4 rings (SSSR count). The van der Waals surface area contributed by atoms with E-state index < -0.39 is 35.5 Å². The molecule has 0 spiro atoms. The molecular weight excluding hydrogens is 452 g/mol. The highest BCUT2D eigenvalue weighted by atomic mass is 32.2. The fourth-order valence-electron chi connectivity index (χ4n) is 3.00. The van der Waals surface area contributed by atoms with Gasteiger partial charge < -0.3 is 0 Å². The lowest BCUT2D eigenvalue weighted by atomic mass is 10.0. The molecule has 0 radical (unpaired) electrons. The van der Waals surface area contributed by atoms with Crippen molar-refractivity contribution in [2.45, 2.75) is 22.1 Å². The second-order valence-corrected chi connectivity index (χ2v) is 9.63. The van der Waals surface area contributed by atoms with Crippen LogP contribution in [-0.4, -0.2) is 34.0 Å². The van der Waals surface area contributed by atoms with Crippen LogP contribution in [0, 0.1) is 0 Å². The zero-order valence-electron chi connectivity index (χ0n) is 14.4. The van der Waals surface area contributed by atoms with Gasteiger partial charge in [-0.05, 0) is 29.3 Å². The summed E-state index contributed by atoms with van der Waals surface area (Å²) in [4.78, 5) is -0.412. The molecule has 3 aromatic carbocycles. The molecule has 3 aromatic rings. The van der Waals surface area contributed by atoms with Crippen LogP contribution < -0.4 is 0 Å².